The number of nitrogens with two attached hydrogens (primary N) is 1. The lowest BCUT2D eigenvalue weighted by Gasteiger charge is -2.24. The van der Waals surface area contributed by atoms with Gasteiger partial charge in [-0.2, -0.15) is 0 Å². The van der Waals surface area contributed by atoms with E-state index in [2.05, 4.69) is 29.2 Å². The largest absolute Gasteiger partial charge is 0.366 e. The molecule has 1 aromatic heterocycles. The number of amides is 3. The summed E-state index contributed by atoms with van der Waals surface area (Å²) in [7, 11) is 0. The van der Waals surface area contributed by atoms with Crippen LogP contribution in [0, 0.1) is 6.07 Å². The molecule has 7 nitrogen and oxygen atoms in total. The van der Waals surface area contributed by atoms with Crippen LogP contribution in [0.1, 0.15) is 31.1 Å². The third-order valence-electron chi connectivity index (χ3n) is 3.11. The molecule has 1 radical (unpaired) electrons. The van der Waals surface area contributed by atoms with E-state index in [1.54, 1.807) is 18.5 Å². The Labute approximate surface area is 140 Å². The average molecular weight is 332 g/mol. The van der Waals surface area contributed by atoms with Gasteiger partial charge in [0.25, 0.3) is 5.91 Å². The second-order valence-electron chi connectivity index (χ2n) is 5.84. The number of carbonyl (C=O) groups excluding carboxylic acids is 2. The van der Waals surface area contributed by atoms with Gasteiger partial charge < -0.3 is 10.3 Å². The van der Waals surface area contributed by atoms with Crippen molar-refractivity contribution in [2.24, 2.45) is 5.73 Å². The molecule has 0 aliphatic rings. The summed E-state index contributed by atoms with van der Waals surface area (Å²) in [4.78, 5) is 28.0. The highest BCUT2D eigenvalue weighted by Crippen LogP contribution is 2.24. The number of hydrogen-bond donors (Lipinski definition) is 3. The Morgan fingerprint density at radius 3 is 2.74 bits per heavy atom. The molecule has 23 heavy (non-hydrogen) atoms. The number of anilines is 2. The number of urea groups is 1. The van der Waals surface area contributed by atoms with E-state index in [1.807, 2.05) is 25.3 Å². The van der Waals surface area contributed by atoms with Crippen molar-refractivity contribution in [2.75, 3.05) is 9.62 Å². The molecule has 0 spiro atoms. The number of imidazole rings is 1. The molecule has 0 unspecified atom stereocenters. The topological polar surface area (TPSA) is 93.2 Å². The molecular formula is C15H18N5O2S. The first-order valence-corrected chi connectivity index (χ1v) is 7.25. The Bertz CT molecular complexity index is 735. The molecule has 2 rings (SSSR count). The molecule has 3 N–H and O–H groups in total. The minimum absolute atomic E-state index is 0.150. The van der Waals surface area contributed by atoms with Crippen LogP contribution < -0.4 is 15.4 Å². The van der Waals surface area contributed by atoms with Gasteiger partial charge in [-0.15, -0.1) is 0 Å². The van der Waals surface area contributed by atoms with E-state index in [1.165, 1.54) is 12.1 Å². The van der Waals surface area contributed by atoms with Crippen LogP contribution in [0.25, 0.3) is 0 Å². The Kier molecular flexibility index (Phi) is 4.65. The number of aromatic nitrogens is 2. The smallest absolute Gasteiger partial charge is 0.338 e. The zero-order valence-corrected chi connectivity index (χ0v) is 14.0. The van der Waals surface area contributed by atoms with Crippen molar-refractivity contribution in [3.05, 3.63) is 42.2 Å². The van der Waals surface area contributed by atoms with Gasteiger partial charge in [0, 0.05) is 17.9 Å². The highest BCUT2D eigenvalue weighted by atomic mass is 32.1. The zero-order chi connectivity index (χ0) is 17.2. The lowest BCUT2D eigenvalue weighted by Crippen LogP contribution is -2.32. The zero-order valence-electron chi connectivity index (χ0n) is 13.1. The van der Waals surface area contributed by atoms with Crippen LogP contribution in [0.3, 0.4) is 0 Å². The maximum absolute atomic E-state index is 12.4. The Morgan fingerprint density at radius 2 is 2.13 bits per heavy atom. The molecule has 0 saturated carbocycles. The molecule has 1 aromatic carbocycles. The van der Waals surface area contributed by atoms with E-state index in [0.29, 0.717) is 5.95 Å². The fourth-order valence-electron chi connectivity index (χ4n) is 2.00. The number of nitrogens with one attached hydrogen (secondary N) is 1. The Morgan fingerprint density at radius 1 is 1.43 bits per heavy atom. The van der Waals surface area contributed by atoms with Gasteiger partial charge >= 0.3 is 6.03 Å². The van der Waals surface area contributed by atoms with Crippen LogP contribution in [-0.4, -0.2) is 21.5 Å². The van der Waals surface area contributed by atoms with Crippen molar-refractivity contribution in [3.63, 3.8) is 0 Å². The highest BCUT2D eigenvalue weighted by molar-refractivity contribution is 7.82. The highest BCUT2D eigenvalue weighted by Gasteiger charge is 2.22. The molecule has 0 aliphatic heterocycles. The molecule has 3 amide bonds. The lowest BCUT2D eigenvalue weighted by molar-refractivity contribution is 0.100. The molecular weight excluding hydrogens is 314 g/mol. The van der Waals surface area contributed by atoms with Crippen LogP contribution in [0.4, 0.5) is 16.4 Å². The van der Waals surface area contributed by atoms with Gasteiger partial charge in [-0.05, 0) is 39.0 Å². The minimum atomic E-state index is -0.667. The first-order chi connectivity index (χ1) is 10.7. The molecule has 0 aliphatic carbocycles. The second kappa shape index (κ2) is 6.33. The van der Waals surface area contributed by atoms with Crippen molar-refractivity contribution < 1.29 is 9.59 Å². The maximum Gasteiger partial charge on any atom is 0.338 e. The van der Waals surface area contributed by atoms with Crippen LogP contribution >= 0.6 is 12.8 Å². The average Bonchev–Trinajstić information content (AvgIpc) is 2.94. The quantitative estimate of drug-likeness (QED) is 0.754. The molecule has 121 valence electrons. The van der Waals surface area contributed by atoms with Gasteiger partial charge in [0.05, 0.1) is 11.3 Å². The monoisotopic (exact) mass is 332 g/mol. The van der Waals surface area contributed by atoms with Crippen LogP contribution in [-0.2, 0) is 5.54 Å². The Balaban J connectivity index is 2.26. The second-order valence-corrected chi connectivity index (χ2v) is 6.24. The summed E-state index contributed by atoms with van der Waals surface area (Å²) >= 11 is 4.16. The van der Waals surface area contributed by atoms with E-state index in [-0.39, 0.29) is 16.8 Å². The summed E-state index contributed by atoms with van der Waals surface area (Å²) in [6.07, 6.45) is 3.36. The van der Waals surface area contributed by atoms with Crippen LogP contribution in [0.2, 0.25) is 0 Å². The summed E-state index contributed by atoms with van der Waals surface area (Å²) in [5.74, 6) is -0.287. The lowest BCUT2D eigenvalue weighted by atomic mass is 10.1. The number of benzene rings is 1. The van der Waals surface area contributed by atoms with Crippen LogP contribution in [0.15, 0.2) is 30.6 Å². The molecule has 2 aromatic rings. The third kappa shape index (κ3) is 3.65. The van der Waals surface area contributed by atoms with Gasteiger partial charge in [-0.1, -0.05) is 18.9 Å². The maximum atomic E-state index is 12.4. The van der Waals surface area contributed by atoms with Crippen LogP contribution in [0.5, 0.6) is 0 Å². The third-order valence-corrected chi connectivity index (χ3v) is 3.51. The number of thiol groups is 1. The molecule has 1 heterocycles. The number of hydrogen-bond acceptors (Lipinski definition) is 4. The van der Waals surface area contributed by atoms with Crippen molar-refractivity contribution in [1.29, 1.82) is 0 Å². The van der Waals surface area contributed by atoms with Gasteiger partial charge in [0.2, 0.25) is 5.95 Å². The van der Waals surface area contributed by atoms with E-state index >= 15 is 0 Å². The van der Waals surface area contributed by atoms with Gasteiger partial charge in [-0.3, -0.25) is 10.1 Å². The molecule has 0 atom stereocenters. The Hall–Kier alpha value is -2.48. The first kappa shape index (κ1) is 16.9. The minimum Gasteiger partial charge on any atom is -0.366 e. The fourth-order valence-corrected chi connectivity index (χ4v) is 2.22. The van der Waals surface area contributed by atoms with Crippen molar-refractivity contribution in [1.82, 2.24) is 9.55 Å². The van der Waals surface area contributed by atoms with Gasteiger partial charge in [-0.25, -0.2) is 14.1 Å². The first-order valence-electron chi connectivity index (χ1n) is 6.85. The number of primary amides is 1. The van der Waals surface area contributed by atoms with Crippen molar-refractivity contribution in [3.8, 4) is 0 Å². The van der Waals surface area contributed by atoms with E-state index in [0.717, 1.165) is 4.31 Å². The van der Waals surface area contributed by atoms with Gasteiger partial charge in [0.15, 0.2) is 0 Å². The predicted octanol–water partition coefficient (Wildman–Crippen LogP) is 2.42. The summed E-state index contributed by atoms with van der Waals surface area (Å²) < 4.78 is 2.83. The number of carbonyl (C=O) groups is 2. The standard InChI is InChI=1S/C15H18N5O2S/c1-15(2,3)19-9-8-17-13(19)18-14(22)20(23)11-7-5-4-6-10(11)12(16)21/h5-9,23H,1-3H3,(H2,16,21)(H,17,18,22). The summed E-state index contributed by atoms with van der Waals surface area (Å²) in [6, 6.07) is 6.69. The molecule has 0 saturated heterocycles. The summed E-state index contributed by atoms with van der Waals surface area (Å²) in [5.41, 5.74) is 5.47. The number of rotatable bonds is 3. The normalized spacial score (nSPS) is 11.1. The number of nitrogens with zero attached hydrogens (tertiary/aromatic N) is 3. The van der Waals surface area contributed by atoms with Crippen molar-refractivity contribution >= 4 is 36.4 Å². The van der Waals surface area contributed by atoms with Crippen molar-refractivity contribution in [2.45, 2.75) is 26.3 Å². The van der Waals surface area contributed by atoms with E-state index in [4.69, 9.17) is 5.73 Å². The SMILES string of the molecule is CC(C)(C)n1ccnc1NC(=O)N(S)c1cc[c]cc1C(N)=O. The van der Waals surface area contributed by atoms with E-state index in [9.17, 15) is 9.59 Å². The van der Waals surface area contributed by atoms with Gasteiger partial charge in [0.1, 0.15) is 0 Å². The summed E-state index contributed by atoms with van der Waals surface area (Å²) in [6.45, 7) is 5.96. The fraction of sp³-hybridized carbons (Fsp3) is 0.267. The molecule has 0 fully saturated rings. The predicted molar refractivity (Wildman–Crippen MR) is 91.5 cm³/mol. The molecule has 8 heteroatoms. The molecule has 0 bridgehead atoms. The van der Waals surface area contributed by atoms with E-state index < -0.39 is 11.9 Å². The summed E-state index contributed by atoms with van der Waals surface area (Å²) in [5, 5.41) is 2.66.